The van der Waals surface area contributed by atoms with E-state index in [1.54, 1.807) is 4.90 Å². The molecule has 7 heteroatoms. The SMILES string of the molecule is CCC[C@H](C)N1CC2(CCN(C(=O)c3c(F)cccc3F)CC2)OC1=O. The zero-order chi connectivity index (χ0) is 18.9. The first-order valence-electron chi connectivity index (χ1n) is 9.10. The molecule has 3 rings (SSSR count). The molecule has 5 nitrogen and oxygen atoms in total. The molecule has 0 aliphatic carbocycles. The van der Waals surface area contributed by atoms with Crippen molar-refractivity contribution >= 4 is 12.0 Å². The molecule has 142 valence electrons. The van der Waals surface area contributed by atoms with Crippen molar-refractivity contribution in [3.05, 3.63) is 35.4 Å². The van der Waals surface area contributed by atoms with Gasteiger partial charge in [0.15, 0.2) is 0 Å². The molecule has 0 saturated carbocycles. The van der Waals surface area contributed by atoms with E-state index >= 15 is 0 Å². The van der Waals surface area contributed by atoms with Gasteiger partial charge in [0, 0.05) is 32.0 Å². The summed E-state index contributed by atoms with van der Waals surface area (Å²) in [4.78, 5) is 27.9. The highest BCUT2D eigenvalue weighted by Crippen LogP contribution is 2.35. The van der Waals surface area contributed by atoms with E-state index in [2.05, 4.69) is 6.92 Å². The number of benzene rings is 1. The highest BCUT2D eigenvalue weighted by Gasteiger charge is 2.48. The van der Waals surface area contributed by atoms with Crippen molar-refractivity contribution in [2.45, 2.75) is 51.2 Å². The minimum atomic E-state index is -0.859. The van der Waals surface area contributed by atoms with Crippen LogP contribution in [0, 0.1) is 11.6 Å². The van der Waals surface area contributed by atoms with E-state index < -0.39 is 28.7 Å². The van der Waals surface area contributed by atoms with Gasteiger partial charge in [-0.15, -0.1) is 0 Å². The molecule has 2 heterocycles. The summed E-state index contributed by atoms with van der Waals surface area (Å²) < 4.78 is 33.4. The van der Waals surface area contributed by atoms with E-state index in [4.69, 9.17) is 4.74 Å². The first kappa shape index (κ1) is 18.6. The Morgan fingerprint density at radius 2 is 1.88 bits per heavy atom. The molecule has 0 bridgehead atoms. The molecular formula is C19H24F2N2O3. The first-order chi connectivity index (χ1) is 12.4. The van der Waals surface area contributed by atoms with E-state index in [9.17, 15) is 18.4 Å². The number of carbonyl (C=O) groups excluding carboxylic acids is 2. The van der Waals surface area contributed by atoms with Crippen molar-refractivity contribution in [3.63, 3.8) is 0 Å². The molecule has 0 aromatic heterocycles. The number of piperidine rings is 1. The quantitative estimate of drug-likeness (QED) is 0.818. The standard InChI is InChI=1S/C19H24F2N2O3/c1-3-5-13(2)23-12-19(26-18(23)25)8-10-22(11-9-19)17(24)16-14(20)6-4-7-15(16)21/h4,6-7,13H,3,5,8-12H2,1-2H3/t13-/m0/s1. The van der Waals surface area contributed by atoms with Gasteiger partial charge in [-0.3, -0.25) is 4.79 Å². The Morgan fingerprint density at radius 1 is 1.27 bits per heavy atom. The van der Waals surface area contributed by atoms with Crippen LogP contribution in [0.15, 0.2) is 18.2 Å². The number of rotatable bonds is 4. The lowest BCUT2D eigenvalue weighted by atomic mass is 9.90. The van der Waals surface area contributed by atoms with Crippen molar-refractivity contribution in [2.24, 2.45) is 0 Å². The van der Waals surface area contributed by atoms with E-state index in [1.165, 1.54) is 11.0 Å². The second-order valence-corrected chi connectivity index (χ2v) is 7.21. The number of nitrogens with zero attached hydrogens (tertiary/aromatic N) is 2. The summed E-state index contributed by atoms with van der Waals surface area (Å²) in [5.41, 5.74) is -1.13. The van der Waals surface area contributed by atoms with Gasteiger partial charge in [0.05, 0.1) is 6.54 Å². The number of amides is 2. The normalized spacial score (nSPS) is 20.4. The van der Waals surface area contributed by atoms with Gasteiger partial charge in [-0.2, -0.15) is 0 Å². The van der Waals surface area contributed by atoms with Crippen LogP contribution < -0.4 is 0 Å². The fourth-order valence-corrected chi connectivity index (χ4v) is 3.80. The average Bonchev–Trinajstić information content (AvgIpc) is 2.91. The molecule has 26 heavy (non-hydrogen) atoms. The highest BCUT2D eigenvalue weighted by molar-refractivity contribution is 5.94. The molecule has 2 fully saturated rings. The van der Waals surface area contributed by atoms with Crippen LogP contribution in [0.3, 0.4) is 0 Å². The van der Waals surface area contributed by atoms with Gasteiger partial charge in [-0.1, -0.05) is 19.4 Å². The Kier molecular flexibility index (Phi) is 5.16. The molecule has 2 aliphatic heterocycles. The first-order valence-corrected chi connectivity index (χ1v) is 9.10. The van der Waals surface area contributed by atoms with Gasteiger partial charge in [0.25, 0.3) is 5.91 Å². The van der Waals surface area contributed by atoms with Crippen LogP contribution >= 0.6 is 0 Å². The second-order valence-electron chi connectivity index (χ2n) is 7.21. The lowest BCUT2D eigenvalue weighted by molar-refractivity contribution is 0.00283. The van der Waals surface area contributed by atoms with E-state index in [-0.39, 0.29) is 12.1 Å². The van der Waals surface area contributed by atoms with Crippen LogP contribution in [0.2, 0.25) is 0 Å². The number of hydrogen-bond donors (Lipinski definition) is 0. The van der Waals surface area contributed by atoms with Crippen LogP contribution in [0.5, 0.6) is 0 Å². The summed E-state index contributed by atoms with van der Waals surface area (Å²) in [6.45, 7) is 5.18. The van der Waals surface area contributed by atoms with Gasteiger partial charge in [0.1, 0.15) is 22.8 Å². The molecule has 2 aliphatic rings. The van der Waals surface area contributed by atoms with E-state index in [1.807, 2.05) is 6.92 Å². The fraction of sp³-hybridized carbons (Fsp3) is 0.579. The highest BCUT2D eigenvalue weighted by atomic mass is 19.1. The molecule has 1 spiro atoms. The van der Waals surface area contributed by atoms with Crippen LogP contribution in [0.1, 0.15) is 49.9 Å². The van der Waals surface area contributed by atoms with Crippen LogP contribution in [0.4, 0.5) is 13.6 Å². The van der Waals surface area contributed by atoms with Crippen molar-refractivity contribution in [1.29, 1.82) is 0 Å². The van der Waals surface area contributed by atoms with Crippen LogP contribution in [-0.2, 0) is 4.74 Å². The molecule has 1 aromatic carbocycles. The Labute approximate surface area is 151 Å². The maximum absolute atomic E-state index is 13.9. The summed E-state index contributed by atoms with van der Waals surface area (Å²) in [7, 11) is 0. The second kappa shape index (κ2) is 7.21. The lowest BCUT2D eigenvalue weighted by Gasteiger charge is -2.37. The Bertz CT molecular complexity index is 682. The minimum Gasteiger partial charge on any atom is -0.441 e. The number of ether oxygens (including phenoxy) is 1. The summed E-state index contributed by atoms with van der Waals surface area (Å²) in [5.74, 6) is -2.37. The van der Waals surface area contributed by atoms with Gasteiger partial charge >= 0.3 is 6.09 Å². The van der Waals surface area contributed by atoms with Crippen molar-refractivity contribution < 1.29 is 23.1 Å². The van der Waals surface area contributed by atoms with Crippen molar-refractivity contribution in [2.75, 3.05) is 19.6 Å². The molecule has 2 saturated heterocycles. The van der Waals surface area contributed by atoms with E-state index in [0.717, 1.165) is 25.0 Å². The molecule has 0 unspecified atom stereocenters. The van der Waals surface area contributed by atoms with E-state index in [0.29, 0.717) is 32.5 Å². The van der Waals surface area contributed by atoms with Gasteiger partial charge in [-0.25, -0.2) is 13.6 Å². The summed E-state index contributed by atoms with van der Waals surface area (Å²) in [5, 5.41) is 0. The Hall–Kier alpha value is -2.18. The topological polar surface area (TPSA) is 49.9 Å². The maximum atomic E-state index is 13.9. The minimum absolute atomic E-state index is 0.110. The van der Waals surface area contributed by atoms with Crippen LogP contribution in [0.25, 0.3) is 0 Å². The third-order valence-electron chi connectivity index (χ3n) is 5.37. The molecular weight excluding hydrogens is 342 g/mol. The van der Waals surface area contributed by atoms with Gasteiger partial charge in [0.2, 0.25) is 0 Å². The maximum Gasteiger partial charge on any atom is 0.410 e. The zero-order valence-corrected chi connectivity index (χ0v) is 15.1. The monoisotopic (exact) mass is 366 g/mol. The largest absolute Gasteiger partial charge is 0.441 e. The van der Waals surface area contributed by atoms with Gasteiger partial charge in [-0.05, 0) is 25.5 Å². The average molecular weight is 366 g/mol. The number of likely N-dealkylation sites (tertiary alicyclic amines) is 1. The lowest BCUT2D eigenvalue weighted by Crippen LogP contribution is -2.49. The Morgan fingerprint density at radius 3 is 2.46 bits per heavy atom. The van der Waals surface area contributed by atoms with Crippen LogP contribution in [-0.4, -0.2) is 53.1 Å². The smallest absolute Gasteiger partial charge is 0.410 e. The molecule has 2 amide bonds. The molecule has 1 aromatic rings. The fourth-order valence-electron chi connectivity index (χ4n) is 3.80. The summed E-state index contributed by atoms with van der Waals surface area (Å²) in [6.07, 6.45) is 2.51. The predicted molar refractivity (Wildman–Crippen MR) is 91.8 cm³/mol. The third kappa shape index (κ3) is 3.39. The van der Waals surface area contributed by atoms with Gasteiger partial charge < -0.3 is 14.5 Å². The third-order valence-corrected chi connectivity index (χ3v) is 5.37. The molecule has 1 atom stereocenters. The van der Waals surface area contributed by atoms with Crippen molar-refractivity contribution in [1.82, 2.24) is 9.80 Å². The number of carbonyl (C=O) groups is 2. The Balaban J connectivity index is 1.66. The number of hydrogen-bond acceptors (Lipinski definition) is 3. The molecule has 0 radical (unpaired) electrons. The van der Waals surface area contributed by atoms with Crippen molar-refractivity contribution in [3.8, 4) is 0 Å². The molecule has 0 N–H and O–H groups in total. The predicted octanol–water partition coefficient (Wildman–Crippen LogP) is 3.58. The number of halogens is 2. The summed E-state index contributed by atoms with van der Waals surface area (Å²) in [6, 6.07) is 3.50. The zero-order valence-electron chi connectivity index (χ0n) is 15.1. The summed E-state index contributed by atoms with van der Waals surface area (Å²) >= 11 is 0.